The van der Waals surface area contributed by atoms with Crippen LogP contribution in [0.1, 0.15) is 32.8 Å². The Morgan fingerprint density at radius 2 is 1.77 bits per heavy atom. The molecule has 1 aliphatic carbocycles. The van der Waals surface area contributed by atoms with E-state index >= 15 is 0 Å². The number of nitrogens with zero attached hydrogens (tertiary/aromatic N) is 1. The molecule has 144 valence electrons. The van der Waals surface area contributed by atoms with Crippen molar-refractivity contribution >= 4 is 21.9 Å². The van der Waals surface area contributed by atoms with Crippen molar-refractivity contribution in [1.29, 1.82) is 0 Å². The lowest BCUT2D eigenvalue weighted by atomic mass is 10.2. The Morgan fingerprint density at radius 3 is 2.27 bits per heavy atom. The lowest BCUT2D eigenvalue weighted by Crippen LogP contribution is -2.30. The molecule has 1 fully saturated rings. The Balaban J connectivity index is 1.83. The van der Waals surface area contributed by atoms with E-state index in [-0.39, 0.29) is 35.8 Å². The zero-order valence-corrected chi connectivity index (χ0v) is 16.2. The van der Waals surface area contributed by atoms with Crippen LogP contribution in [0.4, 0.5) is 0 Å². The van der Waals surface area contributed by atoms with Crippen LogP contribution in [0, 0.1) is 11.8 Å². The minimum Gasteiger partial charge on any atom is -0.455 e. The van der Waals surface area contributed by atoms with E-state index in [4.69, 9.17) is 4.74 Å². The molecule has 8 heteroatoms. The van der Waals surface area contributed by atoms with Gasteiger partial charge < -0.3 is 10.1 Å². The number of hydrogen-bond donors (Lipinski definition) is 1. The van der Waals surface area contributed by atoms with Crippen LogP contribution in [0.15, 0.2) is 29.2 Å². The molecule has 1 aromatic carbocycles. The number of nitrogens with one attached hydrogen (secondary N) is 1. The molecule has 0 aliphatic heterocycles. The van der Waals surface area contributed by atoms with Crippen molar-refractivity contribution < 1.29 is 22.7 Å². The number of carbonyl (C=O) groups excluding carboxylic acids is 2. The fourth-order valence-corrected chi connectivity index (χ4v) is 4.10. The van der Waals surface area contributed by atoms with E-state index in [2.05, 4.69) is 5.32 Å². The quantitative estimate of drug-likeness (QED) is 0.654. The van der Waals surface area contributed by atoms with Crippen molar-refractivity contribution in [2.45, 2.75) is 38.6 Å². The third-order valence-electron chi connectivity index (χ3n) is 4.51. The maximum atomic E-state index is 12.4. The number of rotatable bonds is 9. The number of benzene rings is 1. The zero-order chi connectivity index (χ0) is 19.3. The van der Waals surface area contributed by atoms with Crippen LogP contribution < -0.4 is 5.32 Å². The number of hydrogen-bond acceptors (Lipinski definition) is 5. The molecule has 0 heterocycles. The van der Waals surface area contributed by atoms with E-state index < -0.39 is 10.0 Å². The minimum atomic E-state index is -3.49. The van der Waals surface area contributed by atoms with Gasteiger partial charge in [0.25, 0.3) is 5.91 Å². The maximum absolute atomic E-state index is 12.4. The van der Waals surface area contributed by atoms with Gasteiger partial charge in [-0.15, -0.1) is 0 Å². The van der Waals surface area contributed by atoms with Gasteiger partial charge in [0.15, 0.2) is 6.61 Å². The van der Waals surface area contributed by atoms with Gasteiger partial charge in [0.2, 0.25) is 10.0 Å². The summed E-state index contributed by atoms with van der Waals surface area (Å²) in [5, 5.41) is 2.65. The van der Waals surface area contributed by atoms with Crippen LogP contribution in [0.2, 0.25) is 0 Å². The SMILES string of the molecule is CCN(CC)S(=O)(=O)c1ccc(CNC(=O)COC(=O)[C@H]2C[C@H]2C)cc1. The van der Waals surface area contributed by atoms with Gasteiger partial charge in [-0.3, -0.25) is 9.59 Å². The van der Waals surface area contributed by atoms with Crippen molar-refractivity contribution in [1.82, 2.24) is 9.62 Å². The average Bonchev–Trinajstić information content (AvgIpc) is 3.36. The predicted molar refractivity (Wildman–Crippen MR) is 96.6 cm³/mol. The summed E-state index contributed by atoms with van der Waals surface area (Å²) in [6.45, 7) is 6.32. The van der Waals surface area contributed by atoms with Gasteiger partial charge in [-0.1, -0.05) is 32.9 Å². The molecule has 1 aliphatic rings. The van der Waals surface area contributed by atoms with Crippen LogP contribution in [0.25, 0.3) is 0 Å². The Hall–Kier alpha value is -1.93. The fraction of sp³-hybridized carbons (Fsp3) is 0.556. The van der Waals surface area contributed by atoms with Crippen molar-refractivity contribution in [3.8, 4) is 0 Å². The van der Waals surface area contributed by atoms with Gasteiger partial charge in [-0.05, 0) is 30.0 Å². The highest BCUT2D eigenvalue weighted by Crippen LogP contribution is 2.38. The van der Waals surface area contributed by atoms with Crippen molar-refractivity contribution in [3.05, 3.63) is 29.8 Å². The Labute approximate surface area is 154 Å². The maximum Gasteiger partial charge on any atom is 0.309 e. The molecule has 0 spiro atoms. The van der Waals surface area contributed by atoms with E-state index in [1.54, 1.807) is 26.0 Å². The lowest BCUT2D eigenvalue weighted by molar-refractivity contribution is -0.150. The van der Waals surface area contributed by atoms with E-state index in [0.29, 0.717) is 19.0 Å². The molecule has 7 nitrogen and oxygen atoms in total. The van der Waals surface area contributed by atoms with Gasteiger partial charge in [-0.25, -0.2) is 8.42 Å². The van der Waals surface area contributed by atoms with Crippen LogP contribution in [-0.4, -0.2) is 44.3 Å². The van der Waals surface area contributed by atoms with Crippen LogP contribution in [0.5, 0.6) is 0 Å². The second kappa shape index (κ2) is 8.64. The van der Waals surface area contributed by atoms with E-state index in [1.165, 1.54) is 16.4 Å². The third kappa shape index (κ3) is 5.04. The second-order valence-electron chi connectivity index (χ2n) is 6.44. The number of amides is 1. The molecule has 1 saturated carbocycles. The average molecular weight is 382 g/mol. The molecule has 0 saturated heterocycles. The first-order chi connectivity index (χ1) is 12.3. The monoisotopic (exact) mass is 382 g/mol. The summed E-state index contributed by atoms with van der Waals surface area (Å²) in [4.78, 5) is 23.5. The van der Waals surface area contributed by atoms with Crippen molar-refractivity contribution in [3.63, 3.8) is 0 Å². The minimum absolute atomic E-state index is 0.0666. The summed E-state index contributed by atoms with van der Waals surface area (Å²) in [6, 6.07) is 6.39. The highest BCUT2D eigenvalue weighted by atomic mass is 32.2. The summed E-state index contributed by atoms with van der Waals surface area (Å²) in [7, 11) is -3.49. The highest BCUT2D eigenvalue weighted by molar-refractivity contribution is 7.89. The first kappa shape index (κ1) is 20.4. The van der Waals surface area contributed by atoms with Gasteiger partial charge in [0.05, 0.1) is 10.8 Å². The largest absolute Gasteiger partial charge is 0.455 e. The standard InChI is InChI=1S/C18H26N2O5S/c1-4-20(5-2)26(23,24)15-8-6-14(7-9-15)11-19-17(21)12-25-18(22)16-10-13(16)3/h6-9,13,16H,4-5,10-12H2,1-3H3,(H,19,21)/t13-,16+/m1/s1. The smallest absolute Gasteiger partial charge is 0.309 e. The summed E-state index contributed by atoms with van der Waals surface area (Å²) in [5.41, 5.74) is 0.763. The normalized spacial score (nSPS) is 19.2. The highest BCUT2D eigenvalue weighted by Gasteiger charge is 2.40. The van der Waals surface area contributed by atoms with Gasteiger partial charge >= 0.3 is 5.97 Å². The second-order valence-corrected chi connectivity index (χ2v) is 8.38. The summed E-state index contributed by atoms with van der Waals surface area (Å²) in [6.07, 6.45) is 0.823. The molecule has 0 unspecified atom stereocenters. The van der Waals surface area contributed by atoms with Crippen LogP contribution in [-0.2, 0) is 30.9 Å². The molecule has 0 aromatic heterocycles. The number of esters is 1. The van der Waals surface area contributed by atoms with Crippen molar-refractivity contribution in [2.24, 2.45) is 11.8 Å². The van der Waals surface area contributed by atoms with Gasteiger partial charge in [0.1, 0.15) is 0 Å². The number of sulfonamides is 1. The first-order valence-corrected chi connectivity index (χ1v) is 10.3. The molecule has 1 N–H and O–H groups in total. The molecule has 1 aromatic rings. The Kier molecular flexibility index (Phi) is 6.77. The predicted octanol–water partition coefficient (Wildman–Crippen LogP) is 1.53. The number of carbonyl (C=O) groups is 2. The van der Waals surface area contributed by atoms with E-state index in [9.17, 15) is 18.0 Å². The van der Waals surface area contributed by atoms with E-state index in [0.717, 1.165) is 12.0 Å². The molecular formula is C18H26N2O5S. The van der Waals surface area contributed by atoms with Crippen molar-refractivity contribution in [2.75, 3.05) is 19.7 Å². The molecule has 26 heavy (non-hydrogen) atoms. The van der Waals surface area contributed by atoms with E-state index in [1.807, 2.05) is 6.92 Å². The summed E-state index contributed by atoms with van der Waals surface area (Å²) in [5.74, 6) is -0.426. The summed E-state index contributed by atoms with van der Waals surface area (Å²) < 4.78 is 31.2. The molecule has 2 rings (SSSR count). The molecular weight excluding hydrogens is 356 g/mol. The Bertz CT molecular complexity index is 741. The third-order valence-corrected chi connectivity index (χ3v) is 6.58. The summed E-state index contributed by atoms with van der Waals surface area (Å²) >= 11 is 0. The van der Waals surface area contributed by atoms with Gasteiger partial charge in [0, 0.05) is 19.6 Å². The first-order valence-electron chi connectivity index (χ1n) is 8.82. The number of ether oxygens (including phenoxy) is 1. The fourth-order valence-electron chi connectivity index (χ4n) is 2.64. The van der Waals surface area contributed by atoms with Crippen LogP contribution in [0.3, 0.4) is 0 Å². The molecule has 1 amide bonds. The Morgan fingerprint density at radius 1 is 1.19 bits per heavy atom. The molecule has 2 atom stereocenters. The van der Waals surface area contributed by atoms with Gasteiger partial charge in [-0.2, -0.15) is 4.31 Å². The molecule has 0 radical (unpaired) electrons. The van der Waals surface area contributed by atoms with Crippen LogP contribution >= 0.6 is 0 Å². The lowest BCUT2D eigenvalue weighted by Gasteiger charge is -2.18. The zero-order valence-electron chi connectivity index (χ0n) is 15.4. The molecule has 0 bridgehead atoms. The topological polar surface area (TPSA) is 92.8 Å².